The smallest absolute Gasteiger partial charge is 0.380 e. The Hall–Kier alpha value is -1.35. The number of carbonyl (C=O) groups excluding carboxylic acids is 1. The molecule has 7 heteroatoms. The van der Waals surface area contributed by atoms with E-state index >= 15 is 0 Å². The Morgan fingerprint density at radius 3 is 2.58 bits per heavy atom. The Balaban J connectivity index is 1.93. The largest absolute Gasteiger partial charge is 0.436 e. The van der Waals surface area contributed by atoms with E-state index in [0.29, 0.717) is 26.3 Å². The minimum Gasteiger partial charge on any atom is -0.380 e. The quantitative estimate of drug-likeness (QED) is 0.279. The molecule has 0 bridgehead atoms. The van der Waals surface area contributed by atoms with Gasteiger partial charge in [-0.2, -0.15) is 0 Å². The van der Waals surface area contributed by atoms with Crippen LogP contribution in [0.5, 0.6) is 0 Å². The molecule has 0 atom stereocenters. The molecule has 0 aromatic heterocycles. The van der Waals surface area contributed by atoms with E-state index in [2.05, 4.69) is 27.7 Å². The Morgan fingerprint density at radius 2 is 1.95 bits per heavy atom. The molecule has 0 radical (unpaired) electrons. The third kappa shape index (κ3) is 4.06. The lowest BCUT2D eigenvalue weighted by Gasteiger charge is -2.24. The molecule has 2 rings (SSSR count). The van der Waals surface area contributed by atoms with Crippen molar-refractivity contribution in [1.82, 2.24) is 4.90 Å². The van der Waals surface area contributed by atoms with Crippen LogP contribution >= 0.6 is 22.6 Å². The van der Waals surface area contributed by atoms with Gasteiger partial charge in [-0.1, -0.05) is 17.3 Å². The molecule has 1 heterocycles. The highest BCUT2D eigenvalue weighted by atomic mass is 127. The summed E-state index contributed by atoms with van der Waals surface area (Å²) in [6.45, 7) is 2.06. The van der Waals surface area contributed by atoms with Gasteiger partial charge in [0.2, 0.25) is 0 Å². The van der Waals surface area contributed by atoms with Crippen LogP contribution in [0.3, 0.4) is 0 Å². The number of rotatable bonds is 2. The third-order valence-corrected chi connectivity index (χ3v) is 3.35. The number of halogens is 1. The molecule has 1 saturated heterocycles. The minimum atomic E-state index is -0.503. The van der Waals surface area contributed by atoms with Crippen LogP contribution in [-0.2, 0) is 9.57 Å². The van der Waals surface area contributed by atoms with Crippen molar-refractivity contribution in [2.24, 2.45) is 10.9 Å². The summed E-state index contributed by atoms with van der Waals surface area (Å²) in [5.41, 5.74) is 6.47. The molecule has 1 aliphatic rings. The molecule has 19 heavy (non-hydrogen) atoms. The van der Waals surface area contributed by atoms with Crippen molar-refractivity contribution in [2.45, 2.75) is 0 Å². The standard InChI is InChI=1S/C12H14IN3O3/c13-10-3-1-9(2-4-10)11(14)15-19-12(17)16-5-7-18-8-6-16/h1-4H,5-8H2,(H2,14,15). The topological polar surface area (TPSA) is 77.2 Å². The fourth-order valence-corrected chi connectivity index (χ4v) is 1.92. The maximum Gasteiger partial charge on any atom is 0.436 e. The monoisotopic (exact) mass is 375 g/mol. The molecule has 1 aliphatic heterocycles. The second kappa shape index (κ2) is 6.71. The first-order chi connectivity index (χ1) is 9.16. The number of carbonyl (C=O) groups is 1. The summed E-state index contributed by atoms with van der Waals surface area (Å²) in [4.78, 5) is 18.0. The van der Waals surface area contributed by atoms with Gasteiger partial charge in [-0.05, 0) is 34.7 Å². The maximum absolute atomic E-state index is 11.7. The Kier molecular flexibility index (Phi) is 4.97. The fourth-order valence-electron chi connectivity index (χ4n) is 1.57. The average molecular weight is 375 g/mol. The molecule has 1 aromatic rings. The van der Waals surface area contributed by atoms with Crippen LogP contribution in [0.2, 0.25) is 0 Å². The lowest BCUT2D eigenvalue weighted by molar-refractivity contribution is 0.0279. The predicted molar refractivity (Wildman–Crippen MR) is 78.8 cm³/mol. The zero-order chi connectivity index (χ0) is 13.7. The van der Waals surface area contributed by atoms with Crippen molar-refractivity contribution < 1.29 is 14.4 Å². The second-order valence-corrected chi connectivity index (χ2v) is 5.19. The van der Waals surface area contributed by atoms with Crippen molar-refractivity contribution in [3.05, 3.63) is 33.4 Å². The summed E-state index contributed by atoms with van der Waals surface area (Å²) in [5, 5.41) is 3.66. The van der Waals surface area contributed by atoms with E-state index in [4.69, 9.17) is 15.3 Å². The van der Waals surface area contributed by atoms with E-state index in [9.17, 15) is 4.79 Å². The molecule has 0 unspecified atom stereocenters. The number of morpholine rings is 1. The van der Waals surface area contributed by atoms with Crippen LogP contribution < -0.4 is 5.73 Å². The molecule has 0 aliphatic carbocycles. The van der Waals surface area contributed by atoms with Gasteiger partial charge < -0.3 is 15.4 Å². The van der Waals surface area contributed by atoms with E-state index < -0.39 is 6.09 Å². The van der Waals surface area contributed by atoms with Crippen LogP contribution in [0.4, 0.5) is 4.79 Å². The van der Waals surface area contributed by atoms with Gasteiger partial charge in [-0.15, -0.1) is 0 Å². The first-order valence-electron chi connectivity index (χ1n) is 5.80. The Morgan fingerprint density at radius 1 is 1.32 bits per heavy atom. The molecule has 1 aromatic carbocycles. The summed E-state index contributed by atoms with van der Waals surface area (Å²) in [6.07, 6.45) is -0.503. The van der Waals surface area contributed by atoms with Crippen molar-refractivity contribution in [2.75, 3.05) is 26.3 Å². The van der Waals surface area contributed by atoms with Gasteiger partial charge in [0.25, 0.3) is 0 Å². The number of nitrogens with two attached hydrogens (primary N) is 1. The molecule has 0 spiro atoms. The van der Waals surface area contributed by atoms with Crippen LogP contribution in [0.1, 0.15) is 5.56 Å². The second-order valence-electron chi connectivity index (χ2n) is 3.94. The van der Waals surface area contributed by atoms with Gasteiger partial charge >= 0.3 is 6.09 Å². The number of nitrogens with zero attached hydrogens (tertiary/aromatic N) is 2. The van der Waals surface area contributed by atoms with Gasteiger partial charge in [0.1, 0.15) is 0 Å². The van der Waals surface area contributed by atoms with E-state index in [-0.39, 0.29) is 5.84 Å². The van der Waals surface area contributed by atoms with Gasteiger partial charge in [-0.3, -0.25) is 4.84 Å². The lowest BCUT2D eigenvalue weighted by atomic mass is 10.2. The zero-order valence-corrected chi connectivity index (χ0v) is 12.4. The lowest BCUT2D eigenvalue weighted by Crippen LogP contribution is -2.40. The van der Waals surface area contributed by atoms with Crippen LogP contribution in [-0.4, -0.2) is 43.1 Å². The zero-order valence-electron chi connectivity index (χ0n) is 10.2. The van der Waals surface area contributed by atoms with Gasteiger partial charge in [-0.25, -0.2) is 4.79 Å². The molecular weight excluding hydrogens is 361 g/mol. The number of benzene rings is 1. The number of ether oxygens (including phenoxy) is 1. The highest BCUT2D eigenvalue weighted by Crippen LogP contribution is 2.07. The van der Waals surface area contributed by atoms with Gasteiger partial charge in [0.05, 0.1) is 13.2 Å². The maximum atomic E-state index is 11.7. The summed E-state index contributed by atoms with van der Waals surface area (Å²) >= 11 is 2.20. The number of amides is 1. The van der Waals surface area contributed by atoms with Gasteiger partial charge in [0, 0.05) is 22.2 Å². The van der Waals surface area contributed by atoms with E-state index in [1.165, 1.54) is 4.90 Å². The first kappa shape index (κ1) is 14.1. The predicted octanol–water partition coefficient (Wildman–Crippen LogP) is 1.38. The van der Waals surface area contributed by atoms with Crippen LogP contribution in [0.25, 0.3) is 0 Å². The summed E-state index contributed by atoms with van der Waals surface area (Å²) in [5.74, 6) is 0.179. The molecule has 0 saturated carbocycles. The highest BCUT2D eigenvalue weighted by Gasteiger charge is 2.18. The van der Waals surface area contributed by atoms with Crippen molar-refractivity contribution in [1.29, 1.82) is 0 Å². The normalized spacial score (nSPS) is 16.3. The number of hydrogen-bond donors (Lipinski definition) is 1. The first-order valence-corrected chi connectivity index (χ1v) is 6.88. The number of oxime groups is 1. The SMILES string of the molecule is N/C(=N\OC(=O)N1CCOCC1)c1ccc(I)cc1. The average Bonchev–Trinajstić information content (AvgIpc) is 2.46. The summed E-state index contributed by atoms with van der Waals surface area (Å²) < 4.78 is 6.24. The molecule has 1 fully saturated rings. The molecule has 1 amide bonds. The minimum absolute atomic E-state index is 0.179. The molecule has 102 valence electrons. The van der Waals surface area contributed by atoms with E-state index in [1.54, 1.807) is 0 Å². The van der Waals surface area contributed by atoms with Crippen LogP contribution in [0, 0.1) is 3.57 Å². The summed E-state index contributed by atoms with van der Waals surface area (Å²) in [6, 6.07) is 7.45. The van der Waals surface area contributed by atoms with E-state index in [0.717, 1.165) is 9.13 Å². The summed E-state index contributed by atoms with van der Waals surface area (Å²) in [7, 11) is 0. The molecule has 6 nitrogen and oxygen atoms in total. The van der Waals surface area contributed by atoms with E-state index in [1.807, 2.05) is 24.3 Å². The van der Waals surface area contributed by atoms with Gasteiger partial charge in [0.15, 0.2) is 5.84 Å². The van der Waals surface area contributed by atoms with Crippen molar-refractivity contribution >= 4 is 34.5 Å². The molecule has 2 N–H and O–H groups in total. The van der Waals surface area contributed by atoms with Crippen molar-refractivity contribution in [3.63, 3.8) is 0 Å². The fraction of sp³-hybridized carbons (Fsp3) is 0.333. The number of hydrogen-bond acceptors (Lipinski definition) is 4. The Bertz CT molecular complexity index is 470. The third-order valence-electron chi connectivity index (χ3n) is 2.63. The van der Waals surface area contributed by atoms with Crippen LogP contribution in [0.15, 0.2) is 29.4 Å². The van der Waals surface area contributed by atoms with Crippen molar-refractivity contribution in [3.8, 4) is 0 Å². The highest BCUT2D eigenvalue weighted by molar-refractivity contribution is 14.1. The Labute approximate surface area is 124 Å². The molecular formula is C12H14IN3O3. The number of amidine groups is 1.